The molecular formula is C64H47NO. The molecule has 2 nitrogen and oxygen atoms in total. The second-order valence-corrected chi connectivity index (χ2v) is 18.8. The zero-order valence-electron chi connectivity index (χ0n) is 37.0. The van der Waals surface area contributed by atoms with E-state index in [1.165, 1.54) is 61.3 Å². The van der Waals surface area contributed by atoms with E-state index < -0.39 is 5.41 Å². The van der Waals surface area contributed by atoms with E-state index in [9.17, 15) is 0 Å². The summed E-state index contributed by atoms with van der Waals surface area (Å²) in [5, 5.41) is 2.27. The van der Waals surface area contributed by atoms with Crippen LogP contribution in [0.1, 0.15) is 53.1 Å². The van der Waals surface area contributed by atoms with Gasteiger partial charge in [-0.25, -0.2) is 0 Å². The number of hydrogen-bond acceptors (Lipinski definition) is 2. The predicted molar refractivity (Wildman–Crippen MR) is 274 cm³/mol. The van der Waals surface area contributed by atoms with E-state index in [-0.39, 0.29) is 5.41 Å². The number of rotatable bonds is 7. The lowest BCUT2D eigenvalue weighted by molar-refractivity contribution is 0.394. The van der Waals surface area contributed by atoms with Gasteiger partial charge in [0.1, 0.15) is 11.2 Å². The van der Waals surface area contributed by atoms with Gasteiger partial charge in [-0.2, -0.15) is 0 Å². The van der Waals surface area contributed by atoms with Gasteiger partial charge in [0, 0.05) is 39.3 Å². The third-order valence-electron chi connectivity index (χ3n) is 15.1. The first-order chi connectivity index (χ1) is 32.5. The molecule has 2 heteroatoms. The molecule has 1 heterocycles. The van der Waals surface area contributed by atoms with Crippen molar-refractivity contribution in [1.82, 2.24) is 0 Å². The van der Waals surface area contributed by atoms with Crippen LogP contribution in [0.3, 0.4) is 0 Å². The Morgan fingerprint density at radius 3 is 1.83 bits per heavy atom. The zero-order chi connectivity index (χ0) is 44.0. The van der Waals surface area contributed by atoms with Crippen molar-refractivity contribution in [3.05, 3.63) is 270 Å². The van der Waals surface area contributed by atoms with E-state index >= 15 is 0 Å². The number of hydrogen-bond donors (Lipinski definition) is 0. The fourth-order valence-electron chi connectivity index (χ4n) is 12.0. The molecule has 2 atom stereocenters. The van der Waals surface area contributed by atoms with Crippen molar-refractivity contribution in [2.24, 2.45) is 5.92 Å². The maximum atomic E-state index is 6.64. The molecule has 66 heavy (non-hydrogen) atoms. The van der Waals surface area contributed by atoms with Crippen LogP contribution in [-0.2, 0) is 10.8 Å². The number of fused-ring (bicyclic) bond motifs is 9. The van der Waals surface area contributed by atoms with Crippen LogP contribution in [0, 0.1) is 5.92 Å². The molecule has 314 valence electrons. The van der Waals surface area contributed by atoms with Gasteiger partial charge in [-0.1, -0.05) is 202 Å². The molecule has 3 aliphatic carbocycles. The molecular weight excluding hydrogens is 799 g/mol. The molecule has 0 spiro atoms. The van der Waals surface area contributed by atoms with Crippen LogP contribution in [-0.4, -0.2) is 0 Å². The fourth-order valence-corrected chi connectivity index (χ4v) is 12.0. The van der Waals surface area contributed by atoms with E-state index in [4.69, 9.17) is 4.42 Å². The van der Waals surface area contributed by atoms with Crippen molar-refractivity contribution in [1.29, 1.82) is 0 Å². The van der Waals surface area contributed by atoms with Crippen LogP contribution in [0.4, 0.5) is 17.1 Å². The summed E-state index contributed by atoms with van der Waals surface area (Å²) in [6, 6.07) is 78.3. The van der Waals surface area contributed by atoms with Crippen LogP contribution in [0.2, 0.25) is 0 Å². The van der Waals surface area contributed by atoms with Gasteiger partial charge in [-0.15, -0.1) is 0 Å². The molecule has 0 fully saturated rings. The minimum atomic E-state index is -0.574. The van der Waals surface area contributed by atoms with Crippen LogP contribution in [0.5, 0.6) is 0 Å². The molecule has 13 rings (SSSR count). The molecule has 3 aliphatic rings. The van der Waals surface area contributed by atoms with Gasteiger partial charge in [-0.05, 0) is 121 Å². The van der Waals surface area contributed by atoms with Crippen molar-refractivity contribution >= 4 is 39.0 Å². The normalized spacial score (nSPS) is 17.1. The Labute approximate surface area is 386 Å². The van der Waals surface area contributed by atoms with E-state index in [1.54, 1.807) is 0 Å². The Morgan fingerprint density at radius 1 is 0.439 bits per heavy atom. The first-order valence-corrected chi connectivity index (χ1v) is 23.3. The molecule has 10 aromatic rings. The fraction of sp³-hybridized carbons (Fsp3) is 0.0938. The Kier molecular flexibility index (Phi) is 8.64. The predicted octanol–water partition coefficient (Wildman–Crippen LogP) is 16.9. The van der Waals surface area contributed by atoms with Gasteiger partial charge < -0.3 is 9.32 Å². The SMILES string of the molecule is CC1(C)c2cc(N(c3ccccc3)c3ccc(-c4cccc5c4-c4ccc(-c6cccc7c6oc6ccccc67)cc4C5(c4ccccc4)c4ccccc4)cc3)ccc2C2C=CC=CC21. The lowest BCUT2D eigenvalue weighted by Crippen LogP contribution is -2.28. The molecule has 0 amide bonds. The standard InChI is InChI=1S/C64H47NO/c1-63(2)56-29-14-12-24-51(56)52-39-37-48(41-58(52)63)65(46-22-10-5-11-23-46)47-35-32-42(33-36-47)49-26-17-30-57-61(49)55-38-34-43(50-27-16-28-54-53-25-13-15-31-60(53)66-62(50)54)40-59(55)64(57,44-18-6-3-7-19-44)45-20-8-4-9-21-45/h3-41,51,56H,1-2H3. The maximum absolute atomic E-state index is 6.64. The highest BCUT2D eigenvalue weighted by Crippen LogP contribution is 2.59. The van der Waals surface area contributed by atoms with Crippen LogP contribution >= 0.6 is 0 Å². The third kappa shape index (κ3) is 5.61. The molecule has 1 aromatic heterocycles. The van der Waals surface area contributed by atoms with Crippen molar-refractivity contribution in [3.8, 4) is 33.4 Å². The average molecular weight is 846 g/mol. The summed E-state index contributed by atoms with van der Waals surface area (Å²) in [6.07, 6.45) is 9.22. The topological polar surface area (TPSA) is 16.4 Å². The van der Waals surface area contributed by atoms with Gasteiger partial charge in [0.25, 0.3) is 0 Å². The lowest BCUT2D eigenvalue weighted by atomic mass is 9.67. The smallest absolute Gasteiger partial charge is 0.143 e. The highest BCUT2D eigenvalue weighted by Gasteiger charge is 2.48. The van der Waals surface area contributed by atoms with Crippen LogP contribution in [0.25, 0.3) is 55.3 Å². The van der Waals surface area contributed by atoms with Crippen molar-refractivity contribution in [3.63, 3.8) is 0 Å². The second-order valence-electron chi connectivity index (χ2n) is 18.8. The van der Waals surface area contributed by atoms with E-state index in [0.717, 1.165) is 44.4 Å². The minimum Gasteiger partial charge on any atom is -0.455 e. The first kappa shape index (κ1) is 38.5. The van der Waals surface area contributed by atoms with E-state index in [2.05, 4.69) is 249 Å². The van der Waals surface area contributed by atoms with E-state index in [0.29, 0.717) is 11.8 Å². The molecule has 0 N–H and O–H groups in total. The third-order valence-corrected chi connectivity index (χ3v) is 15.1. The van der Waals surface area contributed by atoms with E-state index in [1.807, 2.05) is 6.07 Å². The van der Waals surface area contributed by atoms with Crippen LogP contribution in [0.15, 0.2) is 241 Å². The molecule has 0 bridgehead atoms. The van der Waals surface area contributed by atoms with Crippen molar-refractivity contribution in [2.75, 3.05) is 4.90 Å². The monoisotopic (exact) mass is 845 g/mol. The number of allylic oxidation sites excluding steroid dienone is 4. The molecule has 0 saturated carbocycles. The van der Waals surface area contributed by atoms with Gasteiger partial charge in [0.05, 0.1) is 5.41 Å². The number of furan rings is 1. The van der Waals surface area contributed by atoms with Gasteiger partial charge in [-0.3, -0.25) is 0 Å². The highest BCUT2D eigenvalue weighted by molar-refractivity contribution is 6.10. The summed E-state index contributed by atoms with van der Waals surface area (Å²) in [5.74, 6) is 0.867. The number of para-hydroxylation sites is 3. The van der Waals surface area contributed by atoms with Crippen molar-refractivity contribution in [2.45, 2.75) is 30.6 Å². The molecule has 0 aliphatic heterocycles. The largest absolute Gasteiger partial charge is 0.455 e. The Balaban J connectivity index is 0.984. The first-order valence-electron chi connectivity index (χ1n) is 23.3. The average Bonchev–Trinajstić information content (AvgIpc) is 3.99. The number of nitrogens with zero attached hydrogens (tertiary/aromatic N) is 1. The van der Waals surface area contributed by atoms with Crippen molar-refractivity contribution < 1.29 is 4.42 Å². The quantitative estimate of drug-likeness (QED) is 0.159. The summed E-state index contributed by atoms with van der Waals surface area (Å²) in [7, 11) is 0. The molecule has 0 saturated heterocycles. The second kappa shape index (κ2) is 14.8. The Hall–Kier alpha value is -7.94. The summed E-state index contributed by atoms with van der Waals surface area (Å²) < 4.78 is 6.64. The van der Waals surface area contributed by atoms with Gasteiger partial charge >= 0.3 is 0 Å². The lowest BCUT2D eigenvalue weighted by Gasteiger charge is -2.34. The summed E-state index contributed by atoms with van der Waals surface area (Å²) in [6.45, 7) is 4.82. The van der Waals surface area contributed by atoms with Gasteiger partial charge in [0.15, 0.2) is 0 Å². The molecule has 0 radical (unpaired) electrons. The van der Waals surface area contributed by atoms with Crippen LogP contribution < -0.4 is 4.90 Å². The zero-order valence-corrected chi connectivity index (χ0v) is 37.0. The minimum absolute atomic E-state index is 0.0176. The maximum Gasteiger partial charge on any atom is 0.143 e. The van der Waals surface area contributed by atoms with Gasteiger partial charge in [0.2, 0.25) is 0 Å². The summed E-state index contributed by atoms with van der Waals surface area (Å²) in [5.41, 5.74) is 19.7. The Bertz CT molecular complexity index is 3520. The Morgan fingerprint density at radius 2 is 1.06 bits per heavy atom. The molecule has 2 unspecified atom stereocenters. The number of anilines is 3. The summed E-state index contributed by atoms with van der Waals surface area (Å²) >= 11 is 0. The number of benzene rings is 9. The molecule has 9 aromatic carbocycles. The summed E-state index contributed by atoms with van der Waals surface area (Å²) in [4.78, 5) is 2.42. The highest BCUT2D eigenvalue weighted by atomic mass is 16.3.